The lowest BCUT2D eigenvalue weighted by atomic mass is 10.1. The highest BCUT2D eigenvalue weighted by Crippen LogP contribution is 2.20. The fourth-order valence-electron chi connectivity index (χ4n) is 2.16. The van der Waals surface area contributed by atoms with E-state index < -0.39 is 12.4 Å². The third-order valence-electron chi connectivity index (χ3n) is 3.35. The van der Waals surface area contributed by atoms with Crippen LogP contribution in [0.3, 0.4) is 0 Å². The average Bonchev–Trinajstić information content (AvgIpc) is 2.37. The van der Waals surface area contributed by atoms with E-state index in [0.29, 0.717) is 19.4 Å². The van der Waals surface area contributed by atoms with E-state index in [1.54, 1.807) is 0 Å². The van der Waals surface area contributed by atoms with E-state index in [0.717, 1.165) is 12.8 Å². The third-order valence-corrected chi connectivity index (χ3v) is 3.35. The number of aliphatic hydroxyl groups is 2. The second kappa shape index (κ2) is 9.29. The van der Waals surface area contributed by atoms with Crippen molar-refractivity contribution in [2.75, 3.05) is 13.2 Å². The van der Waals surface area contributed by atoms with Crippen LogP contribution in [-0.2, 0) is 9.47 Å². The molecule has 1 rings (SSSR count). The largest absolute Gasteiger partial charge is 0.394 e. The summed E-state index contributed by atoms with van der Waals surface area (Å²) in [6.07, 6.45) is 6.13. The van der Waals surface area contributed by atoms with Gasteiger partial charge in [-0.1, -0.05) is 23.3 Å². The minimum Gasteiger partial charge on any atom is -0.394 e. The molecule has 0 amide bonds. The molecule has 1 heterocycles. The Kier molecular flexibility index (Phi) is 8.07. The molecule has 1 fully saturated rings. The van der Waals surface area contributed by atoms with Crippen LogP contribution >= 0.6 is 0 Å². The number of hydrogen-bond acceptors (Lipinski definition) is 4. The van der Waals surface area contributed by atoms with Crippen molar-refractivity contribution in [3.05, 3.63) is 23.3 Å². The number of hydrogen-bond donors (Lipinski definition) is 2. The Morgan fingerprint density at radius 1 is 1.25 bits per heavy atom. The van der Waals surface area contributed by atoms with Crippen LogP contribution in [0.4, 0.5) is 0 Å². The molecule has 2 unspecified atom stereocenters. The van der Waals surface area contributed by atoms with Crippen molar-refractivity contribution in [1.82, 2.24) is 0 Å². The van der Waals surface area contributed by atoms with Crippen LogP contribution in [0.5, 0.6) is 0 Å². The van der Waals surface area contributed by atoms with Crippen LogP contribution in [0.2, 0.25) is 0 Å². The fourth-order valence-corrected chi connectivity index (χ4v) is 2.16. The van der Waals surface area contributed by atoms with Crippen molar-refractivity contribution < 1.29 is 19.7 Å². The summed E-state index contributed by atoms with van der Waals surface area (Å²) in [7, 11) is 0. The van der Waals surface area contributed by atoms with Gasteiger partial charge in [0.1, 0.15) is 0 Å². The second-order valence-electron chi connectivity index (χ2n) is 5.70. The van der Waals surface area contributed by atoms with Crippen molar-refractivity contribution in [3.63, 3.8) is 0 Å². The summed E-state index contributed by atoms with van der Waals surface area (Å²) < 4.78 is 11.1. The fraction of sp³-hybridized carbons (Fsp3) is 0.750. The summed E-state index contributed by atoms with van der Waals surface area (Å²) >= 11 is 0. The normalized spacial score (nSPS) is 27.4. The molecule has 0 aromatic carbocycles. The first-order chi connectivity index (χ1) is 9.51. The van der Waals surface area contributed by atoms with Crippen LogP contribution in [0, 0.1) is 0 Å². The zero-order valence-electron chi connectivity index (χ0n) is 12.8. The lowest BCUT2D eigenvalue weighted by Crippen LogP contribution is -2.38. The van der Waals surface area contributed by atoms with Crippen molar-refractivity contribution >= 4 is 0 Å². The Morgan fingerprint density at radius 2 is 2.00 bits per heavy atom. The maximum atomic E-state index is 9.66. The lowest BCUT2D eigenvalue weighted by molar-refractivity contribution is -0.217. The van der Waals surface area contributed by atoms with E-state index in [2.05, 4.69) is 32.9 Å². The summed E-state index contributed by atoms with van der Waals surface area (Å²) in [5.74, 6) is 0. The maximum absolute atomic E-state index is 9.66. The Bertz CT molecular complexity index is 331. The molecule has 1 aliphatic rings. The van der Waals surface area contributed by atoms with E-state index in [-0.39, 0.29) is 12.7 Å². The van der Waals surface area contributed by atoms with E-state index in [1.807, 2.05) is 0 Å². The van der Waals surface area contributed by atoms with Crippen molar-refractivity contribution in [2.45, 2.75) is 65.0 Å². The molecule has 2 N–H and O–H groups in total. The summed E-state index contributed by atoms with van der Waals surface area (Å²) in [6.45, 7) is 6.71. The van der Waals surface area contributed by atoms with Crippen LogP contribution in [0.1, 0.15) is 46.5 Å². The maximum Gasteiger partial charge on any atom is 0.160 e. The molecular formula is C16H28O4. The molecule has 4 heteroatoms. The van der Waals surface area contributed by atoms with Crippen LogP contribution in [0.25, 0.3) is 0 Å². The van der Waals surface area contributed by atoms with E-state index >= 15 is 0 Å². The molecule has 116 valence electrons. The summed E-state index contributed by atoms with van der Waals surface area (Å²) in [6, 6.07) is 0. The van der Waals surface area contributed by atoms with E-state index in [9.17, 15) is 5.11 Å². The van der Waals surface area contributed by atoms with Gasteiger partial charge in [-0.15, -0.1) is 0 Å². The molecule has 4 nitrogen and oxygen atoms in total. The molecule has 20 heavy (non-hydrogen) atoms. The Hall–Kier alpha value is -0.680. The van der Waals surface area contributed by atoms with Gasteiger partial charge in [0.2, 0.25) is 0 Å². The predicted octanol–water partition coefficient (Wildman–Crippen LogP) is 2.55. The van der Waals surface area contributed by atoms with Gasteiger partial charge in [-0.2, -0.15) is 0 Å². The predicted molar refractivity (Wildman–Crippen MR) is 79.4 cm³/mol. The quantitative estimate of drug-likeness (QED) is 0.705. The molecule has 0 bridgehead atoms. The molecule has 0 aromatic heterocycles. The first kappa shape index (κ1) is 17.4. The lowest BCUT2D eigenvalue weighted by Gasteiger charge is -2.31. The Labute approximate surface area is 122 Å². The van der Waals surface area contributed by atoms with Gasteiger partial charge < -0.3 is 19.7 Å². The van der Waals surface area contributed by atoms with Gasteiger partial charge in [-0.25, -0.2) is 0 Å². The number of rotatable bonds is 7. The molecule has 3 atom stereocenters. The highest BCUT2D eigenvalue weighted by molar-refractivity contribution is 5.02. The first-order valence-corrected chi connectivity index (χ1v) is 7.36. The van der Waals surface area contributed by atoms with Gasteiger partial charge in [-0.3, -0.25) is 0 Å². The van der Waals surface area contributed by atoms with Gasteiger partial charge >= 0.3 is 0 Å². The Morgan fingerprint density at radius 3 is 2.65 bits per heavy atom. The van der Waals surface area contributed by atoms with Gasteiger partial charge in [0, 0.05) is 12.8 Å². The van der Waals surface area contributed by atoms with Crippen LogP contribution in [-0.4, -0.2) is 41.9 Å². The van der Waals surface area contributed by atoms with Gasteiger partial charge in [-0.05, 0) is 33.6 Å². The third kappa shape index (κ3) is 7.20. The molecule has 0 aromatic rings. The molecule has 1 saturated heterocycles. The number of allylic oxidation sites excluding steroid dienone is 3. The van der Waals surface area contributed by atoms with Gasteiger partial charge in [0.25, 0.3) is 0 Å². The smallest absolute Gasteiger partial charge is 0.160 e. The van der Waals surface area contributed by atoms with Crippen LogP contribution < -0.4 is 0 Å². The standard InChI is InChI=1S/C16H28O4/c1-12(2)5-4-6-13(3)7-8-19-16-10-14(18)9-15(11-17)20-16/h5,7,14-18H,4,6,8-11H2,1-3H3/b13-7+/t14?,15-,16?/m0/s1. The highest BCUT2D eigenvalue weighted by Gasteiger charge is 2.28. The SMILES string of the molecule is CC(C)=CCC/C(C)=C/COC1CC(O)C[C@@H](CO)O1. The minimum atomic E-state index is -0.450. The number of ether oxygens (including phenoxy) is 2. The zero-order chi connectivity index (χ0) is 15.0. The van der Waals surface area contributed by atoms with Crippen molar-refractivity contribution in [2.24, 2.45) is 0 Å². The molecule has 0 radical (unpaired) electrons. The molecule has 0 saturated carbocycles. The molecule has 1 aliphatic heterocycles. The molecular weight excluding hydrogens is 256 g/mol. The summed E-state index contributed by atoms with van der Waals surface area (Å²) in [5, 5.41) is 18.7. The minimum absolute atomic E-state index is 0.0749. The monoisotopic (exact) mass is 284 g/mol. The van der Waals surface area contributed by atoms with E-state index in [1.165, 1.54) is 11.1 Å². The first-order valence-electron chi connectivity index (χ1n) is 7.36. The average molecular weight is 284 g/mol. The second-order valence-corrected chi connectivity index (χ2v) is 5.70. The molecule has 0 aliphatic carbocycles. The van der Waals surface area contributed by atoms with Gasteiger partial charge in [0.05, 0.1) is 25.4 Å². The zero-order valence-corrected chi connectivity index (χ0v) is 12.8. The van der Waals surface area contributed by atoms with E-state index in [4.69, 9.17) is 14.6 Å². The van der Waals surface area contributed by atoms with Crippen molar-refractivity contribution in [1.29, 1.82) is 0 Å². The van der Waals surface area contributed by atoms with Crippen molar-refractivity contribution in [3.8, 4) is 0 Å². The summed E-state index contributed by atoms with van der Waals surface area (Å²) in [5.41, 5.74) is 2.63. The highest BCUT2D eigenvalue weighted by atomic mass is 16.7. The Balaban J connectivity index is 2.26. The van der Waals surface area contributed by atoms with Gasteiger partial charge in [0.15, 0.2) is 6.29 Å². The number of aliphatic hydroxyl groups excluding tert-OH is 2. The molecule has 0 spiro atoms. The summed E-state index contributed by atoms with van der Waals surface area (Å²) in [4.78, 5) is 0. The van der Waals surface area contributed by atoms with Crippen LogP contribution in [0.15, 0.2) is 23.3 Å². The topological polar surface area (TPSA) is 58.9 Å².